The maximum absolute atomic E-state index is 10.9. The molecule has 0 unspecified atom stereocenters. The normalized spacial score (nSPS) is 10.2. The Hall–Kier alpha value is -1.52. The molecule has 0 aliphatic heterocycles. The molecule has 0 bridgehead atoms. The second-order valence-corrected chi connectivity index (χ2v) is 5.19. The van der Waals surface area contributed by atoms with Crippen LogP contribution in [-0.2, 0) is 6.61 Å². The summed E-state index contributed by atoms with van der Waals surface area (Å²) in [5.74, 6) is -0.404. The Balaban J connectivity index is 2.12. The fourth-order valence-electron chi connectivity index (χ4n) is 1.54. The summed E-state index contributed by atoms with van der Waals surface area (Å²) in [7, 11) is 0. The van der Waals surface area contributed by atoms with Gasteiger partial charge in [-0.25, -0.2) is 4.79 Å². The number of carboxylic acids is 1. The summed E-state index contributed by atoms with van der Waals surface area (Å²) in [6.45, 7) is 0.261. The van der Waals surface area contributed by atoms with Crippen LogP contribution in [-0.4, -0.2) is 11.1 Å². The molecule has 0 atom stereocenters. The maximum Gasteiger partial charge on any atom is 0.335 e. The predicted octanol–water partition coefficient (Wildman–Crippen LogP) is 4.38. The molecule has 0 radical (unpaired) electrons. The molecule has 2 rings (SSSR count). The van der Waals surface area contributed by atoms with Crippen molar-refractivity contribution in [1.29, 1.82) is 0 Å². The highest BCUT2D eigenvalue weighted by atomic mass is 79.9. The molecule has 0 saturated heterocycles. The third kappa shape index (κ3) is 3.72. The largest absolute Gasteiger partial charge is 0.487 e. The molecule has 3 nitrogen and oxygen atoms in total. The van der Waals surface area contributed by atoms with Gasteiger partial charge in [-0.3, -0.25) is 0 Å². The number of ether oxygens (including phenoxy) is 1. The minimum atomic E-state index is -0.956. The van der Waals surface area contributed by atoms with Crippen molar-refractivity contribution in [3.8, 4) is 5.75 Å². The molecule has 0 fully saturated rings. The second kappa shape index (κ2) is 6.08. The van der Waals surface area contributed by atoms with Gasteiger partial charge in [0.2, 0.25) is 0 Å². The third-order valence-electron chi connectivity index (χ3n) is 2.46. The molecular weight excluding hydrogens is 332 g/mol. The minimum Gasteiger partial charge on any atom is -0.487 e. The number of carboxylic acid groups (broad SMARTS) is 1. The van der Waals surface area contributed by atoms with Crippen molar-refractivity contribution in [1.82, 2.24) is 0 Å². The Labute approximate surface area is 123 Å². The van der Waals surface area contributed by atoms with Crippen molar-refractivity contribution < 1.29 is 14.6 Å². The van der Waals surface area contributed by atoms with Gasteiger partial charge in [-0.05, 0) is 35.9 Å². The van der Waals surface area contributed by atoms with Gasteiger partial charge >= 0.3 is 5.97 Å². The molecule has 19 heavy (non-hydrogen) atoms. The molecule has 0 aromatic heterocycles. The fourth-order valence-corrected chi connectivity index (χ4v) is 2.06. The Morgan fingerprint density at radius 1 is 1.26 bits per heavy atom. The van der Waals surface area contributed by atoms with Crippen LogP contribution < -0.4 is 4.74 Å². The lowest BCUT2D eigenvalue weighted by Crippen LogP contribution is -2.00. The smallest absolute Gasteiger partial charge is 0.335 e. The summed E-state index contributed by atoms with van der Waals surface area (Å²) in [5, 5.41) is 9.42. The first-order valence-corrected chi connectivity index (χ1v) is 6.63. The predicted molar refractivity (Wildman–Crippen MR) is 76.9 cm³/mol. The highest BCUT2D eigenvalue weighted by molar-refractivity contribution is 9.10. The first-order chi connectivity index (χ1) is 9.06. The Bertz CT molecular complexity index is 613. The number of aromatic carboxylic acids is 1. The van der Waals surface area contributed by atoms with Gasteiger partial charge in [0, 0.05) is 4.47 Å². The second-order valence-electron chi connectivity index (χ2n) is 3.87. The van der Waals surface area contributed by atoms with Gasteiger partial charge in [-0.15, -0.1) is 0 Å². The van der Waals surface area contributed by atoms with Gasteiger partial charge in [-0.2, -0.15) is 0 Å². The average molecular weight is 342 g/mol. The molecule has 0 heterocycles. The van der Waals surface area contributed by atoms with Crippen LogP contribution in [0, 0.1) is 0 Å². The highest BCUT2D eigenvalue weighted by Gasteiger charge is 2.06. The van der Waals surface area contributed by atoms with Gasteiger partial charge in [0.15, 0.2) is 0 Å². The number of hydrogen-bond acceptors (Lipinski definition) is 2. The van der Waals surface area contributed by atoms with Crippen LogP contribution in [0.2, 0.25) is 5.02 Å². The lowest BCUT2D eigenvalue weighted by molar-refractivity contribution is 0.0696. The van der Waals surface area contributed by atoms with Crippen molar-refractivity contribution in [2.24, 2.45) is 0 Å². The summed E-state index contributed by atoms with van der Waals surface area (Å²) in [6.07, 6.45) is 0. The standard InChI is InChI=1S/C14H10BrClO3/c15-11-4-5-12(16)13(7-11)19-8-9-2-1-3-10(6-9)14(17)18/h1-7H,8H2,(H,17,18). The molecule has 2 aromatic carbocycles. The van der Waals surface area contributed by atoms with E-state index in [0.717, 1.165) is 10.0 Å². The van der Waals surface area contributed by atoms with Crippen molar-refractivity contribution in [2.75, 3.05) is 0 Å². The van der Waals surface area contributed by atoms with Crippen LogP contribution in [0.3, 0.4) is 0 Å². The molecule has 0 spiro atoms. The first-order valence-electron chi connectivity index (χ1n) is 5.46. The number of benzene rings is 2. The summed E-state index contributed by atoms with van der Waals surface area (Å²) in [6, 6.07) is 11.9. The van der Waals surface area contributed by atoms with E-state index >= 15 is 0 Å². The van der Waals surface area contributed by atoms with Crippen LogP contribution in [0.15, 0.2) is 46.9 Å². The van der Waals surface area contributed by atoms with Crippen molar-refractivity contribution in [3.63, 3.8) is 0 Å². The van der Waals surface area contributed by atoms with E-state index in [1.54, 1.807) is 30.3 Å². The fraction of sp³-hybridized carbons (Fsp3) is 0.0714. The van der Waals surface area contributed by atoms with E-state index in [1.807, 2.05) is 6.07 Å². The minimum absolute atomic E-state index is 0.237. The van der Waals surface area contributed by atoms with Gasteiger partial charge in [0.05, 0.1) is 10.6 Å². The van der Waals surface area contributed by atoms with Crippen molar-refractivity contribution in [3.05, 3.63) is 63.1 Å². The van der Waals surface area contributed by atoms with E-state index in [4.69, 9.17) is 21.4 Å². The molecule has 0 saturated carbocycles. The lowest BCUT2D eigenvalue weighted by Gasteiger charge is -2.09. The van der Waals surface area contributed by atoms with Crippen molar-refractivity contribution in [2.45, 2.75) is 6.61 Å². The zero-order valence-corrected chi connectivity index (χ0v) is 12.1. The van der Waals surface area contributed by atoms with Gasteiger partial charge < -0.3 is 9.84 Å². The Morgan fingerprint density at radius 2 is 2.05 bits per heavy atom. The summed E-state index contributed by atoms with van der Waals surface area (Å²) in [4.78, 5) is 10.9. The molecule has 1 N–H and O–H groups in total. The Morgan fingerprint density at radius 3 is 2.79 bits per heavy atom. The number of hydrogen-bond donors (Lipinski definition) is 1. The highest BCUT2D eigenvalue weighted by Crippen LogP contribution is 2.28. The van der Waals surface area contributed by atoms with Crippen molar-refractivity contribution >= 4 is 33.5 Å². The van der Waals surface area contributed by atoms with Crippen LogP contribution in [0.4, 0.5) is 0 Å². The molecule has 5 heteroatoms. The molecule has 0 amide bonds. The van der Waals surface area contributed by atoms with E-state index in [-0.39, 0.29) is 12.2 Å². The Kier molecular flexibility index (Phi) is 4.45. The monoisotopic (exact) mass is 340 g/mol. The van der Waals surface area contributed by atoms with E-state index in [0.29, 0.717) is 10.8 Å². The topological polar surface area (TPSA) is 46.5 Å². The first kappa shape index (κ1) is 13.9. The zero-order valence-electron chi connectivity index (χ0n) is 9.77. The van der Waals surface area contributed by atoms with E-state index in [2.05, 4.69) is 15.9 Å². The number of halogens is 2. The molecule has 0 aliphatic rings. The molecule has 2 aromatic rings. The van der Waals surface area contributed by atoms with Gasteiger partial charge in [0.1, 0.15) is 12.4 Å². The zero-order chi connectivity index (χ0) is 13.8. The number of carbonyl (C=O) groups is 1. The molecular formula is C14H10BrClO3. The van der Waals surface area contributed by atoms with Crippen LogP contribution in [0.5, 0.6) is 5.75 Å². The third-order valence-corrected chi connectivity index (χ3v) is 3.27. The summed E-state index contributed by atoms with van der Waals surface area (Å²) < 4.78 is 6.45. The van der Waals surface area contributed by atoms with E-state index < -0.39 is 5.97 Å². The lowest BCUT2D eigenvalue weighted by atomic mass is 10.1. The van der Waals surface area contributed by atoms with E-state index in [1.165, 1.54) is 6.07 Å². The van der Waals surface area contributed by atoms with Gasteiger partial charge in [-0.1, -0.05) is 39.7 Å². The maximum atomic E-state index is 10.9. The van der Waals surface area contributed by atoms with Crippen LogP contribution in [0.25, 0.3) is 0 Å². The SMILES string of the molecule is O=C(O)c1cccc(COc2cc(Br)ccc2Cl)c1. The quantitative estimate of drug-likeness (QED) is 0.897. The summed E-state index contributed by atoms with van der Waals surface area (Å²) in [5.41, 5.74) is 1.01. The summed E-state index contributed by atoms with van der Waals surface area (Å²) >= 11 is 9.34. The molecule has 98 valence electrons. The van der Waals surface area contributed by atoms with Crippen LogP contribution in [0.1, 0.15) is 15.9 Å². The average Bonchev–Trinajstić information content (AvgIpc) is 2.40. The molecule has 0 aliphatic carbocycles. The van der Waals surface area contributed by atoms with Gasteiger partial charge in [0.25, 0.3) is 0 Å². The van der Waals surface area contributed by atoms with E-state index in [9.17, 15) is 4.79 Å². The number of rotatable bonds is 4. The van der Waals surface area contributed by atoms with Crippen LogP contribution >= 0.6 is 27.5 Å².